The van der Waals surface area contributed by atoms with Crippen LogP contribution in [0.5, 0.6) is 0 Å². The van der Waals surface area contributed by atoms with Crippen molar-refractivity contribution in [3.05, 3.63) is 58.6 Å². The zero-order chi connectivity index (χ0) is 19.2. The van der Waals surface area contributed by atoms with E-state index in [1.165, 1.54) is 0 Å². The van der Waals surface area contributed by atoms with Gasteiger partial charge in [-0.3, -0.25) is 14.2 Å². The van der Waals surface area contributed by atoms with Gasteiger partial charge in [-0.15, -0.1) is 0 Å². The van der Waals surface area contributed by atoms with Crippen molar-refractivity contribution in [1.29, 1.82) is 0 Å². The standard InChI is InChI=1S/C20H23N3O4/c1-2-27-19(25)15-8-10-16(11-9-15)23-13-12-17(22-20(23)26)21-18(24)14-6-4-3-5-7-14/h3-7,12-13,15-16H,2,8-11H2,1H3,(H,21,22,24,26). The van der Waals surface area contributed by atoms with E-state index in [0.29, 0.717) is 25.0 Å². The van der Waals surface area contributed by atoms with Crippen LogP contribution in [-0.4, -0.2) is 28.0 Å². The molecule has 7 heteroatoms. The largest absolute Gasteiger partial charge is 0.466 e. The summed E-state index contributed by atoms with van der Waals surface area (Å²) in [6, 6.07) is 10.4. The van der Waals surface area contributed by atoms with E-state index in [9.17, 15) is 14.4 Å². The first-order valence-electron chi connectivity index (χ1n) is 9.20. The molecule has 7 nitrogen and oxygen atoms in total. The number of rotatable bonds is 5. The molecule has 1 aliphatic rings. The van der Waals surface area contributed by atoms with Crippen molar-refractivity contribution in [2.45, 2.75) is 38.6 Å². The first-order chi connectivity index (χ1) is 13.1. The number of amides is 1. The van der Waals surface area contributed by atoms with Gasteiger partial charge in [0, 0.05) is 17.8 Å². The molecule has 0 spiro atoms. The first-order valence-corrected chi connectivity index (χ1v) is 9.20. The summed E-state index contributed by atoms with van der Waals surface area (Å²) in [6.45, 7) is 2.19. The second-order valence-corrected chi connectivity index (χ2v) is 6.58. The minimum absolute atomic E-state index is 0.00884. The summed E-state index contributed by atoms with van der Waals surface area (Å²) in [5.41, 5.74) is 0.0983. The molecule has 0 saturated heterocycles. The predicted molar refractivity (Wildman–Crippen MR) is 101 cm³/mol. The van der Waals surface area contributed by atoms with Crippen molar-refractivity contribution in [2.75, 3.05) is 11.9 Å². The number of benzene rings is 1. The number of hydrogen-bond donors (Lipinski definition) is 1. The lowest BCUT2D eigenvalue weighted by atomic mass is 9.86. The molecule has 0 bridgehead atoms. The molecule has 1 amide bonds. The van der Waals surface area contributed by atoms with Gasteiger partial charge in [-0.1, -0.05) is 18.2 Å². The molecule has 1 aromatic heterocycles. The molecule has 3 rings (SSSR count). The third-order valence-corrected chi connectivity index (χ3v) is 4.82. The molecule has 0 atom stereocenters. The van der Waals surface area contributed by atoms with E-state index < -0.39 is 5.69 Å². The highest BCUT2D eigenvalue weighted by Gasteiger charge is 2.28. The fourth-order valence-corrected chi connectivity index (χ4v) is 3.39. The molecule has 0 radical (unpaired) electrons. The van der Waals surface area contributed by atoms with E-state index in [-0.39, 0.29) is 29.7 Å². The Balaban J connectivity index is 1.63. The second kappa shape index (κ2) is 8.62. The van der Waals surface area contributed by atoms with Crippen LogP contribution < -0.4 is 11.0 Å². The number of anilines is 1. The number of hydrogen-bond acceptors (Lipinski definition) is 5. The van der Waals surface area contributed by atoms with Gasteiger partial charge < -0.3 is 10.1 Å². The normalized spacial score (nSPS) is 19.3. The lowest BCUT2D eigenvalue weighted by Crippen LogP contribution is -2.32. The van der Waals surface area contributed by atoms with Crippen LogP contribution in [-0.2, 0) is 9.53 Å². The van der Waals surface area contributed by atoms with Gasteiger partial charge in [-0.2, -0.15) is 4.98 Å². The number of carbonyl (C=O) groups excluding carboxylic acids is 2. The van der Waals surface area contributed by atoms with Crippen LogP contribution >= 0.6 is 0 Å². The minimum atomic E-state index is -0.402. The van der Waals surface area contributed by atoms with Crippen molar-refractivity contribution in [1.82, 2.24) is 9.55 Å². The maximum Gasteiger partial charge on any atom is 0.349 e. The SMILES string of the molecule is CCOC(=O)C1CCC(n2ccc(NC(=O)c3ccccc3)nc2=O)CC1. The van der Waals surface area contributed by atoms with Crippen LogP contribution in [0.1, 0.15) is 49.0 Å². The minimum Gasteiger partial charge on any atom is -0.466 e. The number of ether oxygens (including phenoxy) is 1. The Morgan fingerprint density at radius 1 is 1.15 bits per heavy atom. The number of nitrogens with zero attached hydrogens (tertiary/aromatic N) is 2. The summed E-state index contributed by atoms with van der Waals surface area (Å²) >= 11 is 0. The van der Waals surface area contributed by atoms with Crippen molar-refractivity contribution in [3.8, 4) is 0 Å². The van der Waals surface area contributed by atoms with Gasteiger partial charge >= 0.3 is 11.7 Å². The maximum absolute atomic E-state index is 12.4. The van der Waals surface area contributed by atoms with Gasteiger partial charge in [0.1, 0.15) is 5.82 Å². The molecular weight excluding hydrogens is 346 g/mol. The van der Waals surface area contributed by atoms with Gasteiger partial charge in [0.2, 0.25) is 0 Å². The Labute approximate surface area is 157 Å². The summed E-state index contributed by atoms with van der Waals surface area (Å²) in [5.74, 6) is -0.324. The van der Waals surface area contributed by atoms with Gasteiger partial charge in [-0.25, -0.2) is 4.79 Å². The Morgan fingerprint density at radius 3 is 2.48 bits per heavy atom. The summed E-state index contributed by atoms with van der Waals surface area (Å²) in [7, 11) is 0. The fraction of sp³-hybridized carbons (Fsp3) is 0.400. The van der Waals surface area contributed by atoms with Crippen LogP contribution in [0.2, 0.25) is 0 Å². The van der Waals surface area contributed by atoms with E-state index in [0.717, 1.165) is 12.8 Å². The average Bonchev–Trinajstić information content (AvgIpc) is 2.69. The average molecular weight is 369 g/mol. The second-order valence-electron chi connectivity index (χ2n) is 6.58. The third kappa shape index (κ3) is 4.61. The molecule has 1 heterocycles. The summed E-state index contributed by atoms with van der Waals surface area (Å²) < 4.78 is 6.66. The van der Waals surface area contributed by atoms with Crippen LogP contribution in [0.3, 0.4) is 0 Å². The third-order valence-electron chi connectivity index (χ3n) is 4.82. The smallest absolute Gasteiger partial charge is 0.349 e. The Morgan fingerprint density at radius 2 is 1.85 bits per heavy atom. The van der Waals surface area contributed by atoms with Crippen molar-refractivity contribution in [3.63, 3.8) is 0 Å². The van der Waals surface area contributed by atoms with Crippen LogP contribution in [0.15, 0.2) is 47.4 Å². The zero-order valence-corrected chi connectivity index (χ0v) is 15.3. The Hall–Kier alpha value is -2.96. The quantitative estimate of drug-likeness (QED) is 0.819. The van der Waals surface area contributed by atoms with Gasteiger partial charge in [-0.05, 0) is 50.8 Å². The number of carbonyl (C=O) groups is 2. The highest BCUT2D eigenvalue weighted by atomic mass is 16.5. The summed E-state index contributed by atoms with van der Waals surface area (Å²) in [5, 5.41) is 2.64. The number of esters is 1. The molecule has 0 unspecified atom stereocenters. The van der Waals surface area contributed by atoms with Crippen LogP contribution in [0.4, 0.5) is 5.82 Å². The molecule has 2 aromatic rings. The predicted octanol–water partition coefficient (Wildman–Crippen LogP) is 2.79. The molecule has 0 aliphatic heterocycles. The van der Waals surface area contributed by atoms with Crippen LogP contribution in [0.25, 0.3) is 0 Å². The van der Waals surface area contributed by atoms with Crippen LogP contribution in [0, 0.1) is 5.92 Å². The van der Waals surface area contributed by atoms with Crippen molar-refractivity contribution >= 4 is 17.7 Å². The van der Waals surface area contributed by atoms with E-state index in [4.69, 9.17) is 4.74 Å². The summed E-state index contributed by atoms with van der Waals surface area (Å²) in [6.07, 6.45) is 4.50. The number of aromatic nitrogens is 2. The van der Waals surface area contributed by atoms with E-state index in [1.54, 1.807) is 48.0 Å². The molecular formula is C20H23N3O4. The number of nitrogens with one attached hydrogen (secondary N) is 1. The molecule has 1 aliphatic carbocycles. The lowest BCUT2D eigenvalue weighted by Gasteiger charge is -2.28. The first kappa shape index (κ1) is 18.8. The molecule has 27 heavy (non-hydrogen) atoms. The van der Waals surface area contributed by atoms with Crippen molar-refractivity contribution < 1.29 is 14.3 Å². The van der Waals surface area contributed by atoms with Crippen molar-refractivity contribution in [2.24, 2.45) is 5.92 Å². The lowest BCUT2D eigenvalue weighted by molar-refractivity contribution is -0.149. The highest BCUT2D eigenvalue weighted by molar-refractivity contribution is 6.03. The van der Waals surface area contributed by atoms with Gasteiger partial charge in [0.05, 0.1) is 12.5 Å². The summed E-state index contributed by atoms with van der Waals surface area (Å²) in [4.78, 5) is 40.4. The molecule has 1 saturated carbocycles. The Bertz CT molecular complexity index is 855. The zero-order valence-electron chi connectivity index (χ0n) is 15.3. The molecule has 1 N–H and O–H groups in total. The Kier molecular flexibility index (Phi) is 6.01. The van der Waals surface area contributed by atoms with Gasteiger partial charge in [0.15, 0.2) is 0 Å². The van der Waals surface area contributed by atoms with E-state index >= 15 is 0 Å². The topological polar surface area (TPSA) is 90.3 Å². The molecule has 142 valence electrons. The van der Waals surface area contributed by atoms with E-state index in [2.05, 4.69) is 10.3 Å². The molecule has 1 fully saturated rings. The van der Waals surface area contributed by atoms with E-state index in [1.807, 2.05) is 6.07 Å². The fourth-order valence-electron chi connectivity index (χ4n) is 3.39. The van der Waals surface area contributed by atoms with Gasteiger partial charge in [0.25, 0.3) is 5.91 Å². The monoisotopic (exact) mass is 369 g/mol. The maximum atomic E-state index is 12.4. The molecule has 1 aromatic carbocycles. The highest BCUT2D eigenvalue weighted by Crippen LogP contribution is 2.32.